The normalized spacial score (nSPS) is 12.7. The number of hydrogen-bond donors (Lipinski definition) is 2. The highest BCUT2D eigenvalue weighted by Gasteiger charge is 2.22. The largest absolute Gasteiger partial charge is 0.468 e. The Morgan fingerprint density at radius 3 is 2.89 bits per heavy atom. The lowest BCUT2D eigenvalue weighted by Crippen LogP contribution is -2.41. The first-order valence-corrected chi connectivity index (χ1v) is 5.89. The van der Waals surface area contributed by atoms with Crippen molar-refractivity contribution in [3.63, 3.8) is 0 Å². The summed E-state index contributed by atoms with van der Waals surface area (Å²) in [5, 5.41) is 19.6. The van der Waals surface area contributed by atoms with E-state index in [1.165, 1.54) is 7.11 Å². The molecule has 0 aromatic carbocycles. The van der Waals surface area contributed by atoms with Crippen LogP contribution in [0.15, 0.2) is 6.20 Å². The summed E-state index contributed by atoms with van der Waals surface area (Å²) in [5.74, 6) is -0.155. The van der Waals surface area contributed by atoms with E-state index in [1.54, 1.807) is 10.9 Å². The Morgan fingerprint density at radius 2 is 2.33 bits per heavy atom. The minimum Gasteiger partial charge on any atom is -0.468 e. The van der Waals surface area contributed by atoms with Crippen LogP contribution in [-0.2, 0) is 22.6 Å². The molecular formula is C11H20N4O3. The van der Waals surface area contributed by atoms with Crippen molar-refractivity contribution in [3.8, 4) is 0 Å². The van der Waals surface area contributed by atoms with Crippen molar-refractivity contribution in [1.29, 1.82) is 0 Å². The monoisotopic (exact) mass is 256 g/mol. The molecule has 0 aliphatic carbocycles. The van der Waals surface area contributed by atoms with Gasteiger partial charge in [-0.25, -0.2) is 4.68 Å². The van der Waals surface area contributed by atoms with Gasteiger partial charge in [-0.2, -0.15) is 0 Å². The standard InChI is InChI=1S/C11H20N4O3/c1-8(2)10(11(17)18-3)12-6-9-7-15(4-5-16)14-13-9/h7-8,10,12,16H,4-6H2,1-3H3/t10-/m0/s1. The summed E-state index contributed by atoms with van der Waals surface area (Å²) in [6, 6.07) is -0.363. The molecule has 0 fully saturated rings. The van der Waals surface area contributed by atoms with Crippen LogP contribution >= 0.6 is 0 Å². The topological polar surface area (TPSA) is 89.3 Å². The summed E-state index contributed by atoms with van der Waals surface area (Å²) >= 11 is 0. The van der Waals surface area contributed by atoms with E-state index >= 15 is 0 Å². The van der Waals surface area contributed by atoms with E-state index in [4.69, 9.17) is 9.84 Å². The molecule has 0 unspecified atom stereocenters. The number of carbonyl (C=O) groups is 1. The zero-order chi connectivity index (χ0) is 13.5. The van der Waals surface area contributed by atoms with Crippen molar-refractivity contribution in [2.75, 3.05) is 13.7 Å². The van der Waals surface area contributed by atoms with E-state index in [0.29, 0.717) is 13.1 Å². The molecule has 0 radical (unpaired) electrons. The van der Waals surface area contributed by atoms with Gasteiger partial charge in [0.2, 0.25) is 0 Å². The van der Waals surface area contributed by atoms with E-state index in [-0.39, 0.29) is 24.5 Å². The molecule has 18 heavy (non-hydrogen) atoms. The highest BCUT2D eigenvalue weighted by molar-refractivity contribution is 5.75. The van der Waals surface area contributed by atoms with Gasteiger partial charge < -0.3 is 9.84 Å². The molecule has 0 spiro atoms. The van der Waals surface area contributed by atoms with Gasteiger partial charge in [0.15, 0.2) is 0 Å². The zero-order valence-electron chi connectivity index (χ0n) is 11.0. The minimum atomic E-state index is -0.363. The number of nitrogens with one attached hydrogen (secondary N) is 1. The van der Waals surface area contributed by atoms with Gasteiger partial charge >= 0.3 is 5.97 Å². The molecule has 7 nitrogen and oxygen atoms in total. The molecule has 2 N–H and O–H groups in total. The average Bonchev–Trinajstić information content (AvgIpc) is 2.77. The molecule has 1 aromatic rings. The maximum Gasteiger partial charge on any atom is 0.323 e. The Morgan fingerprint density at radius 1 is 1.61 bits per heavy atom. The fourth-order valence-electron chi connectivity index (χ4n) is 1.56. The molecule has 1 atom stereocenters. The third-order valence-electron chi connectivity index (χ3n) is 2.54. The average molecular weight is 256 g/mol. The zero-order valence-corrected chi connectivity index (χ0v) is 11.0. The highest BCUT2D eigenvalue weighted by atomic mass is 16.5. The molecule has 0 saturated heterocycles. The van der Waals surface area contributed by atoms with Gasteiger partial charge in [-0.15, -0.1) is 5.10 Å². The van der Waals surface area contributed by atoms with E-state index in [2.05, 4.69) is 15.6 Å². The summed E-state index contributed by atoms with van der Waals surface area (Å²) in [7, 11) is 1.37. The number of methoxy groups -OCH3 is 1. The van der Waals surface area contributed by atoms with Crippen LogP contribution in [0.5, 0.6) is 0 Å². The molecule has 0 amide bonds. The van der Waals surface area contributed by atoms with Gasteiger partial charge in [-0.1, -0.05) is 19.1 Å². The molecule has 1 rings (SSSR count). The number of aliphatic hydroxyl groups excluding tert-OH is 1. The molecule has 0 saturated carbocycles. The number of aromatic nitrogens is 3. The fourth-order valence-corrected chi connectivity index (χ4v) is 1.56. The Kier molecular flexibility index (Phi) is 5.73. The van der Waals surface area contributed by atoms with Gasteiger partial charge in [0.25, 0.3) is 0 Å². The number of rotatable bonds is 7. The number of nitrogens with zero attached hydrogens (tertiary/aromatic N) is 3. The van der Waals surface area contributed by atoms with Gasteiger partial charge in [-0.3, -0.25) is 10.1 Å². The summed E-state index contributed by atoms with van der Waals surface area (Å²) in [6.07, 6.45) is 1.73. The molecule has 7 heteroatoms. The van der Waals surface area contributed by atoms with Gasteiger partial charge in [0.1, 0.15) is 6.04 Å². The van der Waals surface area contributed by atoms with Crippen molar-refractivity contribution in [1.82, 2.24) is 20.3 Å². The van der Waals surface area contributed by atoms with Gasteiger partial charge in [0.05, 0.1) is 26.0 Å². The van der Waals surface area contributed by atoms with Crippen LogP contribution < -0.4 is 5.32 Å². The Labute approximate surface area is 106 Å². The summed E-state index contributed by atoms with van der Waals surface area (Å²) in [5.41, 5.74) is 0.720. The Balaban J connectivity index is 2.53. The number of aliphatic hydroxyl groups is 1. The van der Waals surface area contributed by atoms with E-state index < -0.39 is 0 Å². The van der Waals surface area contributed by atoms with E-state index in [1.807, 2.05) is 13.8 Å². The molecule has 0 bridgehead atoms. The van der Waals surface area contributed by atoms with Crippen LogP contribution in [0.3, 0.4) is 0 Å². The lowest BCUT2D eigenvalue weighted by molar-refractivity contribution is -0.144. The van der Waals surface area contributed by atoms with Crippen LogP contribution in [0.2, 0.25) is 0 Å². The lowest BCUT2D eigenvalue weighted by Gasteiger charge is -2.18. The van der Waals surface area contributed by atoms with Crippen LogP contribution in [-0.4, -0.2) is 45.8 Å². The smallest absolute Gasteiger partial charge is 0.323 e. The molecule has 1 aromatic heterocycles. The predicted molar refractivity (Wildman–Crippen MR) is 64.6 cm³/mol. The summed E-state index contributed by atoms with van der Waals surface area (Å²) in [6.45, 7) is 4.75. The van der Waals surface area contributed by atoms with Crippen molar-refractivity contribution >= 4 is 5.97 Å². The van der Waals surface area contributed by atoms with E-state index in [0.717, 1.165) is 5.69 Å². The third kappa shape index (κ3) is 4.08. The number of esters is 1. The summed E-state index contributed by atoms with van der Waals surface area (Å²) < 4.78 is 6.29. The molecule has 1 heterocycles. The van der Waals surface area contributed by atoms with Crippen LogP contribution in [0.4, 0.5) is 0 Å². The Hall–Kier alpha value is -1.47. The summed E-state index contributed by atoms with van der Waals surface area (Å²) in [4.78, 5) is 11.5. The quantitative estimate of drug-likeness (QED) is 0.643. The first-order valence-electron chi connectivity index (χ1n) is 5.89. The first-order chi connectivity index (χ1) is 8.58. The molecule has 0 aliphatic rings. The van der Waals surface area contributed by atoms with Crippen molar-refractivity contribution in [3.05, 3.63) is 11.9 Å². The maximum atomic E-state index is 11.5. The minimum absolute atomic E-state index is 0.0208. The number of ether oxygens (including phenoxy) is 1. The maximum absolute atomic E-state index is 11.5. The third-order valence-corrected chi connectivity index (χ3v) is 2.54. The van der Waals surface area contributed by atoms with Crippen molar-refractivity contribution in [2.45, 2.75) is 33.0 Å². The van der Waals surface area contributed by atoms with Gasteiger partial charge in [-0.05, 0) is 5.92 Å². The molecular weight excluding hydrogens is 236 g/mol. The van der Waals surface area contributed by atoms with E-state index in [9.17, 15) is 4.79 Å². The highest BCUT2D eigenvalue weighted by Crippen LogP contribution is 2.04. The first kappa shape index (κ1) is 14.6. The Bertz CT molecular complexity index is 378. The number of hydrogen-bond acceptors (Lipinski definition) is 6. The molecule has 102 valence electrons. The van der Waals surface area contributed by atoms with Crippen molar-refractivity contribution in [2.24, 2.45) is 5.92 Å². The SMILES string of the molecule is COC(=O)[C@@H](NCc1cn(CCO)nn1)C(C)C. The van der Waals surface area contributed by atoms with Crippen LogP contribution in [0.1, 0.15) is 19.5 Å². The lowest BCUT2D eigenvalue weighted by atomic mass is 10.0. The van der Waals surface area contributed by atoms with Crippen LogP contribution in [0.25, 0.3) is 0 Å². The predicted octanol–water partition coefficient (Wildman–Crippen LogP) is -0.442. The molecule has 0 aliphatic heterocycles. The van der Waals surface area contributed by atoms with Crippen molar-refractivity contribution < 1.29 is 14.6 Å². The second-order valence-electron chi connectivity index (χ2n) is 4.32. The van der Waals surface area contributed by atoms with Crippen LogP contribution in [0, 0.1) is 5.92 Å². The second-order valence-corrected chi connectivity index (χ2v) is 4.32. The second kappa shape index (κ2) is 7.07. The van der Waals surface area contributed by atoms with Gasteiger partial charge in [0, 0.05) is 12.7 Å². The fraction of sp³-hybridized carbons (Fsp3) is 0.727. The number of carbonyl (C=O) groups excluding carboxylic acids is 1.